The van der Waals surface area contributed by atoms with E-state index in [2.05, 4.69) is 21.2 Å². The summed E-state index contributed by atoms with van der Waals surface area (Å²) in [5.41, 5.74) is 2.78. The number of carbonyl (C=O) groups is 2. The highest BCUT2D eigenvalue weighted by Gasteiger charge is 2.54. The van der Waals surface area contributed by atoms with Crippen molar-refractivity contribution in [3.05, 3.63) is 41.4 Å². The van der Waals surface area contributed by atoms with E-state index in [0.29, 0.717) is 13.0 Å². The van der Waals surface area contributed by atoms with Crippen LogP contribution in [-0.4, -0.2) is 34.4 Å². The molecule has 2 atom stereocenters. The summed E-state index contributed by atoms with van der Waals surface area (Å²) in [5.74, 6) is 2.32. The molecule has 0 unspecified atom stereocenters. The van der Waals surface area contributed by atoms with Crippen molar-refractivity contribution in [2.24, 2.45) is 29.1 Å². The van der Waals surface area contributed by atoms with Crippen LogP contribution in [0.5, 0.6) is 0 Å². The minimum absolute atomic E-state index is 0.0686. The number of nitrogens with one attached hydrogen (secondary N) is 2. The third-order valence-corrected chi connectivity index (χ3v) is 9.15. The summed E-state index contributed by atoms with van der Waals surface area (Å²) < 4.78 is 0. The summed E-state index contributed by atoms with van der Waals surface area (Å²) in [6.45, 7) is 10.0. The van der Waals surface area contributed by atoms with Crippen molar-refractivity contribution in [1.29, 1.82) is 0 Å². The predicted molar refractivity (Wildman–Crippen MR) is 132 cm³/mol. The van der Waals surface area contributed by atoms with Crippen molar-refractivity contribution in [3.63, 3.8) is 0 Å². The highest BCUT2D eigenvalue weighted by atomic mass is 16.2. The van der Waals surface area contributed by atoms with Gasteiger partial charge >= 0.3 is 6.17 Å². The van der Waals surface area contributed by atoms with E-state index < -0.39 is 0 Å². The molecule has 6 nitrogen and oxygen atoms in total. The largest absolute Gasteiger partial charge is 0.361 e. The standard InChI is InChI=1S/C28H34N4O2/c1-17(26(33)32-7-3-4-25(32)29-2)8-21-16-30-24-6-5-22(12-23(21)24)31-27(34)28-13-18-9-19(14-28)11-20(10-18)15-28/h5-6,12,16-20,25,30H,3-4,7-11,13-15H2,1H3,(H,31,34)/t17-,18?,19?,20?,25-,28?/m0/s1. The van der Waals surface area contributed by atoms with Gasteiger partial charge in [-0.1, -0.05) is 6.92 Å². The number of nitrogens with zero attached hydrogens (tertiary/aromatic N) is 2. The predicted octanol–water partition coefficient (Wildman–Crippen LogP) is 5.37. The van der Waals surface area contributed by atoms with Gasteiger partial charge in [-0.25, -0.2) is 6.57 Å². The van der Waals surface area contributed by atoms with Crippen LogP contribution in [0.3, 0.4) is 0 Å². The normalized spacial score (nSPS) is 32.6. The molecule has 5 aliphatic rings. The molecular weight excluding hydrogens is 424 g/mol. The molecule has 34 heavy (non-hydrogen) atoms. The van der Waals surface area contributed by atoms with Gasteiger partial charge in [-0.2, -0.15) is 0 Å². The highest BCUT2D eigenvalue weighted by Crippen LogP contribution is 2.60. The Kier molecular flexibility index (Phi) is 5.20. The molecule has 2 N–H and O–H groups in total. The van der Waals surface area contributed by atoms with Crippen LogP contribution in [0.4, 0.5) is 5.69 Å². The minimum Gasteiger partial charge on any atom is -0.361 e. The van der Waals surface area contributed by atoms with Crippen LogP contribution < -0.4 is 5.32 Å². The Balaban J connectivity index is 1.18. The molecule has 1 aliphatic heterocycles. The molecule has 178 valence electrons. The van der Waals surface area contributed by atoms with Gasteiger partial charge in [0.25, 0.3) is 0 Å². The summed E-state index contributed by atoms with van der Waals surface area (Å²) in [5, 5.41) is 4.34. The number of hydrogen-bond donors (Lipinski definition) is 2. The summed E-state index contributed by atoms with van der Waals surface area (Å²) in [7, 11) is 0. The Labute approximate surface area is 201 Å². The van der Waals surface area contributed by atoms with Gasteiger partial charge in [0.15, 0.2) is 0 Å². The molecule has 4 aliphatic carbocycles. The number of hydrogen-bond acceptors (Lipinski definition) is 2. The molecule has 2 amide bonds. The second-order valence-electron chi connectivity index (χ2n) is 11.6. The zero-order valence-corrected chi connectivity index (χ0v) is 20.0. The Hall–Kier alpha value is -2.81. The molecule has 0 spiro atoms. The quantitative estimate of drug-likeness (QED) is 0.592. The van der Waals surface area contributed by atoms with Gasteiger partial charge in [0.1, 0.15) is 0 Å². The first-order valence-electron chi connectivity index (χ1n) is 13.0. The highest BCUT2D eigenvalue weighted by molar-refractivity contribution is 5.98. The maximum absolute atomic E-state index is 13.5. The van der Waals surface area contributed by atoms with E-state index in [0.717, 1.165) is 72.0 Å². The third-order valence-electron chi connectivity index (χ3n) is 9.15. The van der Waals surface area contributed by atoms with Gasteiger partial charge in [0.2, 0.25) is 11.8 Å². The van der Waals surface area contributed by atoms with Crippen molar-refractivity contribution >= 4 is 28.4 Å². The Morgan fingerprint density at radius 2 is 1.91 bits per heavy atom. The van der Waals surface area contributed by atoms with Crippen LogP contribution in [0.15, 0.2) is 24.4 Å². The molecule has 2 aromatic rings. The first-order chi connectivity index (χ1) is 16.4. The zero-order valence-electron chi connectivity index (χ0n) is 20.0. The fourth-order valence-corrected chi connectivity index (χ4v) is 7.92. The molecule has 0 radical (unpaired) electrons. The first kappa shape index (κ1) is 21.7. The van der Waals surface area contributed by atoms with Crippen LogP contribution in [0.2, 0.25) is 0 Å². The maximum atomic E-state index is 13.5. The second kappa shape index (κ2) is 8.15. The molecule has 2 heterocycles. The number of H-pyrrole nitrogens is 1. The number of rotatable bonds is 5. The number of amides is 2. The molecule has 1 aromatic heterocycles. The van der Waals surface area contributed by atoms with Crippen LogP contribution in [0.1, 0.15) is 63.9 Å². The van der Waals surface area contributed by atoms with Crippen molar-refractivity contribution in [3.8, 4) is 0 Å². The van der Waals surface area contributed by atoms with Gasteiger partial charge in [-0.05, 0) is 92.9 Å². The smallest absolute Gasteiger partial charge is 0.300 e. The third kappa shape index (κ3) is 3.61. The molecule has 4 saturated carbocycles. The van der Waals surface area contributed by atoms with Crippen LogP contribution in [0.25, 0.3) is 15.7 Å². The molecule has 1 aromatic carbocycles. The van der Waals surface area contributed by atoms with E-state index in [1.54, 1.807) is 4.90 Å². The first-order valence-corrected chi connectivity index (χ1v) is 13.0. The van der Waals surface area contributed by atoms with Gasteiger partial charge in [0.05, 0.1) is 5.41 Å². The lowest BCUT2D eigenvalue weighted by Crippen LogP contribution is -2.51. The number of likely N-dealkylation sites (tertiary alicyclic amines) is 1. The monoisotopic (exact) mass is 458 g/mol. The summed E-state index contributed by atoms with van der Waals surface area (Å²) >= 11 is 0. The number of anilines is 1. The molecule has 7 rings (SSSR count). The zero-order chi connectivity index (χ0) is 23.4. The molecule has 6 heteroatoms. The van der Waals surface area contributed by atoms with E-state index in [1.807, 2.05) is 25.3 Å². The Bertz CT molecular complexity index is 1140. The molecule has 5 fully saturated rings. The maximum Gasteiger partial charge on any atom is 0.300 e. The van der Waals surface area contributed by atoms with Crippen LogP contribution in [-0.2, 0) is 16.0 Å². The van der Waals surface area contributed by atoms with E-state index in [-0.39, 0.29) is 29.3 Å². The minimum atomic E-state index is -0.302. The summed E-state index contributed by atoms with van der Waals surface area (Å²) in [6, 6.07) is 6.07. The number of aromatic amines is 1. The summed E-state index contributed by atoms with van der Waals surface area (Å²) in [6.07, 6.45) is 11.2. The second-order valence-corrected chi connectivity index (χ2v) is 11.6. The van der Waals surface area contributed by atoms with Crippen LogP contribution >= 0.6 is 0 Å². The van der Waals surface area contributed by atoms with Crippen molar-refractivity contribution < 1.29 is 9.59 Å². The Morgan fingerprint density at radius 1 is 1.21 bits per heavy atom. The summed E-state index contributed by atoms with van der Waals surface area (Å²) in [4.78, 5) is 35.2. The number of carbonyl (C=O) groups excluding carboxylic acids is 2. The average molecular weight is 459 g/mol. The van der Waals surface area contributed by atoms with E-state index >= 15 is 0 Å². The van der Waals surface area contributed by atoms with Crippen molar-refractivity contribution in [1.82, 2.24) is 9.88 Å². The lowest BCUT2D eigenvalue weighted by Gasteiger charge is -2.55. The van der Waals surface area contributed by atoms with Crippen molar-refractivity contribution in [2.45, 2.75) is 70.9 Å². The number of fused-ring (bicyclic) bond motifs is 1. The van der Waals surface area contributed by atoms with Crippen LogP contribution in [0, 0.1) is 35.7 Å². The van der Waals surface area contributed by atoms with Crippen molar-refractivity contribution in [2.75, 3.05) is 11.9 Å². The topological polar surface area (TPSA) is 69.6 Å². The SMILES string of the molecule is [C-]#[N+][C@@H]1CCCN1C(=O)[C@@H](C)Cc1c[nH]c2ccc(NC(=O)C34CC5CC(CC(C5)C3)C4)cc12. The average Bonchev–Trinajstić information content (AvgIpc) is 3.44. The van der Waals surface area contributed by atoms with E-state index in [9.17, 15) is 9.59 Å². The molecule has 1 saturated heterocycles. The van der Waals surface area contributed by atoms with E-state index in [1.165, 1.54) is 19.3 Å². The van der Waals surface area contributed by atoms with Gasteiger partial charge in [-0.3, -0.25) is 19.3 Å². The Morgan fingerprint density at radius 3 is 2.59 bits per heavy atom. The lowest BCUT2D eigenvalue weighted by molar-refractivity contribution is -0.140. The molecule has 4 bridgehead atoms. The number of aromatic nitrogens is 1. The van der Waals surface area contributed by atoms with Gasteiger partial charge in [-0.15, -0.1) is 0 Å². The fraction of sp³-hybridized carbons (Fsp3) is 0.607. The lowest BCUT2D eigenvalue weighted by atomic mass is 9.49. The van der Waals surface area contributed by atoms with Gasteiger partial charge < -0.3 is 10.3 Å². The fourth-order valence-electron chi connectivity index (χ4n) is 7.92. The van der Waals surface area contributed by atoms with E-state index in [4.69, 9.17) is 6.57 Å². The molecular formula is C28H34N4O2. The number of benzene rings is 1. The van der Waals surface area contributed by atoms with Gasteiger partial charge in [0, 0.05) is 41.7 Å².